The molecule has 0 saturated heterocycles. The molecule has 0 aliphatic carbocycles. The van der Waals surface area contributed by atoms with Crippen LogP contribution in [0, 0.1) is 0 Å². The van der Waals surface area contributed by atoms with Crippen molar-refractivity contribution in [2.24, 2.45) is 7.05 Å². The van der Waals surface area contributed by atoms with Crippen LogP contribution in [0.1, 0.15) is 18.9 Å². The Bertz CT molecular complexity index is 1220. The first-order chi connectivity index (χ1) is 11.8. The second kappa shape index (κ2) is 5.09. The number of fused-ring (bicyclic) bond motifs is 7. The number of aromatic nitrogens is 1. The van der Waals surface area contributed by atoms with E-state index in [1.165, 1.54) is 54.0 Å². The van der Waals surface area contributed by atoms with Gasteiger partial charge in [0.05, 0.1) is 5.52 Å². The number of rotatable bonds is 2. The third-order valence-electron chi connectivity index (χ3n) is 5.11. The predicted molar refractivity (Wildman–Crippen MR) is 107 cm³/mol. The van der Waals surface area contributed by atoms with E-state index >= 15 is 0 Å². The zero-order chi connectivity index (χ0) is 16.3. The zero-order valence-corrected chi connectivity index (χ0v) is 14.8. The summed E-state index contributed by atoms with van der Waals surface area (Å²) in [5.41, 5.74) is 4.19. The molecule has 0 aliphatic rings. The molecule has 0 unspecified atom stereocenters. The maximum atomic E-state index is 2.44. The molecule has 2 heteroatoms. The molecular formula is C22H19NS. The van der Waals surface area contributed by atoms with Gasteiger partial charge in [0, 0.05) is 43.5 Å². The highest BCUT2D eigenvalue weighted by Gasteiger charge is 2.17. The first-order valence-electron chi connectivity index (χ1n) is 8.60. The molecule has 0 saturated carbocycles. The fraction of sp³-hybridized carbons (Fsp3) is 0.182. The van der Waals surface area contributed by atoms with E-state index in [2.05, 4.69) is 73.1 Å². The minimum atomic E-state index is 1.14. The van der Waals surface area contributed by atoms with Gasteiger partial charge in [0.25, 0.3) is 0 Å². The molecule has 0 N–H and O–H groups in total. The predicted octanol–water partition coefficient (Wildman–Crippen LogP) is 6.65. The number of para-hydroxylation sites is 1. The van der Waals surface area contributed by atoms with Gasteiger partial charge in [-0.05, 0) is 30.2 Å². The summed E-state index contributed by atoms with van der Waals surface area (Å²) in [5.74, 6) is 0. The van der Waals surface area contributed by atoms with Crippen LogP contribution in [-0.2, 0) is 13.5 Å². The van der Waals surface area contributed by atoms with Gasteiger partial charge in [-0.15, -0.1) is 11.3 Å². The molecular weight excluding hydrogens is 310 g/mol. The van der Waals surface area contributed by atoms with Crippen LogP contribution < -0.4 is 0 Å². The molecule has 0 spiro atoms. The third kappa shape index (κ3) is 1.75. The van der Waals surface area contributed by atoms with Crippen molar-refractivity contribution in [1.29, 1.82) is 0 Å². The summed E-state index contributed by atoms with van der Waals surface area (Å²) in [6.45, 7) is 2.27. The Morgan fingerprint density at radius 1 is 0.917 bits per heavy atom. The van der Waals surface area contributed by atoms with E-state index in [1.54, 1.807) is 0 Å². The SMILES string of the molecule is CCCc1cc2c3ccccc3n(C)c2c2c1sc1ccccc12. The topological polar surface area (TPSA) is 4.93 Å². The number of nitrogens with zero attached hydrogens (tertiary/aromatic N) is 1. The van der Waals surface area contributed by atoms with Crippen LogP contribution in [0.4, 0.5) is 0 Å². The van der Waals surface area contributed by atoms with Crippen LogP contribution in [0.25, 0.3) is 42.0 Å². The lowest BCUT2D eigenvalue weighted by Crippen LogP contribution is -1.89. The lowest BCUT2D eigenvalue weighted by atomic mass is 10.0. The number of benzene rings is 3. The maximum absolute atomic E-state index is 2.44. The first-order valence-corrected chi connectivity index (χ1v) is 9.41. The van der Waals surface area contributed by atoms with Crippen molar-refractivity contribution in [2.75, 3.05) is 0 Å². The molecule has 5 aromatic rings. The van der Waals surface area contributed by atoms with Gasteiger partial charge < -0.3 is 4.57 Å². The third-order valence-corrected chi connectivity index (χ3v) is 6.35. The molecule has 24 heavy (non-hydrogen) atoms. The molecule has 1 nitrogen and oxygen atoms in total. The standard InChI is InChI=1S/C22H19NS/c1-3-8-14-13-17-15-9-4-6-11-18(15)23(2)21(17)20-16-10-5-7-12-19(16)24-22(14)20/h4-7,9-13H,3,8H2,1-2H3. The van der Waals surface area contributed by atoms with Crippen molar-refractivity contribution in [3.8, 4) is 0 Å². The van der Waals surface area contributed by atoms with E-state index < -0.39 is 0 Å². The fourth-order valence-electron chi connectivity index (χ4n) is 4.07. The Kier molecular flexibility index (Phi) is 2.98. The van der Waals surface area contributed by atoms with Gasteiger partial charge in [0.1, 0.15) is 0 Å². The van der Waals surface area contributed by atoms with Crippen LogP contribution in [0.3, 0.4) is 0 Å². The molecule has 0 atom stereocenters. The van der Waals surface area contributed by atoms with Crippen molar-refractivity contribution in [3.63, 3.8) is 0 Å². The summed E-state index contributed by atoms with van der Waals surface area (Å²) < 4.78 is 5.24. The van der Waals surface area contributed by atoms with Crippen LogP contribution in [0.5, 0.6) is 0 Å². The van der Waals surface area contributed by atoms with E-state index in [1.807, 2.05) is 11.3 Å². The quantitative estimate of drug-likeness (QED) is 0.341. The highest BCUT2D eigenvalue weighted by atomic mass is 32.1. The summed E-state index contributed by atoms with van der Waals surface area (Å²) in [6, 6.07) is 20.1. The van der Waals surface area contributed by atoms with Crippen LogP contribution in [0.15, 0.2) is 54.6 Å². The molecule has 0 bridgehead atoms. The number of hydrogen-bond donors (Lipinski definition) is 0. The van der Waals surface area contributed by atoms with E-state index in [4.69, 9.17) is 0 Å². The average Bonchev–Trinajstić information content (AvgIpc) is 3.13. The highest BCUT2D eigenvalue weighted by molar-refractivity contribution is 7.26. The summed E-state index contributed by atoms with van der Waals surface area (Å²) in [7, 11) is 2.20. The molecule has 3 aromatic carbocycles. The van der Waals surface area contributed by atoms with Gasteiger partial charge in [-0.3, -0.25) is 0 Å². The summed E-state index contributed by atoms with van der Waals surface area (Å²) >= 11 is 1.95. The zero-order valence-electron chi connectivity index (χ0n) is 14.0. The van der Waals surface area contributed by atoms with Crippen molar-refractivity contribution in [3.05, 3.63) is 60.2 Å². The first kappa shape index (κ1) is 14.1. The summed E-state index contributed by atoms with van der Waals surface area (Å²) in [5, 5.41) is 5.60. The molecule has 0 fully saturated rings. The molecule has 118 valence electrons. The summed E-state index contributed by atoms with van der Waals surface area (Å²) in [6.07, 6.45) is 2.32. The van der Waals surface area contributed by atoms with E-state index in [-0.39, 0.29) is 0 Å². The van der Waals surface area contributed by atoms with Crippen molar-refractivity contribution >= 4 is 53.3 Å². The van der Waals surface area contributed by atoms with Gasteiger partial charge >= 0.3 is 0 Å². The minimum Gasteiger partial charge on any atom is -0.343 e. The van der Waals surface area contributed by atoms with Crippen molar-refractivity contribution < 1.29 is 0 Å². The Morgan fingerprint density at radius 2 is 1.67 bits per heavy atom. The second-order valence-electron chi connectivity index (χ2n) is 6.56. The Labute approximate surface area is 145 Å². The molecule has 0 radical (unpaired) electrons. The number of hydrogen-bond acceptors (Lipinski definition) is 1. The molecule has 0 aliphatic heterocycles. The average molecular weight is 329 g/mol. The molecule has 5 rings (SSSR count). The van der Waals surface area contributed by atoms with Crippen molar-refractivity contribution in [1.82, 2.24) is 4.57 Å². The molecule has 2 aromatic heterocycles. The lowest BCUT2D eigenvalue weighted by molar-refractivity contribution is 0.932. The van der Waals surface area contributed by atoms with E-state index in [0.29, 0.717) is 0 Å². The van der Waals surface area contributed by atoms with Gasteiger partial charge in [-0.1, -0.05) is 49.7 Å². The van der Waals surface area contributed by atoms with E-state index in [0.717, 1.165) is 6.42 Å². The number of aryl methyl sites for hydroxylation is 2. The fourth-order valence-corrected chi connectivity index (χ4v) is 5.32. The highest BCUT2D eigenvalue weighted by Crippen LogP contribution is 2.43. The van der Waals surface area contributed by atoms with Crippen LogP contribution >= 0.6 is 11.3 Å². The van der Waals surface area contributed by atoms with E-state index in [9.17, 15) is 0 Å². The van der Waals surface area contributed by atoms with Crippen molar-refractivity contribution in [2.45, 2.75) is 19.8 Å². The monoisotopic (exact) mass is 329 g/mol. The second-order valence-corrected chi connectivity index (χ2v) is 7.61. The Hall–Kier alpha value is -2.32. The largest absolute Gasteiger partial charge is 0.343 e. The normalized spacial score (nSPS) is 12.1. The molecule has 2 heterocycles. The number of thiophene rings is 1. The van der Waals surface area contributed by atoms with Crippen LogP contribution in [-0.4, -0.2) is 4.57 Å². The Morgan fingerprint density at radius 3 is 2.50 bits per heavy atom. The van der Waals surface area contributed by atoms with Gasteiger partial charge in [0.2, 0.25) is 0 Å². The minimum absolute atomic E-state index is 1.14. The lowest BCUT2D eigenvalue weighted by Gasteiger charge is -2.06. The summed E-state index contributed by atoms with van der Waals surface area (Å²) in [4.78, 5) is 0. The van der Waals surface area contributed by atoms with Gasteiger partial charge in [-0.2, -0.15) is 0 Å². The van der Waals surface area contributed by atoms with Gasteiger partial charge in [0.15, 0.2) is 0 Å². The van der Waals surface area contributed by atoms with Gasteiger partial charge in [-0.25, -0.2) is 0 Å². The van der Waals surface area contributed by atoms with Crippen LogP contribution in [0.2, 0.25) is 0 Å². The molecule has 0 amide bonds. The maximum Gasteiger partial charge on any atom is 0.0583 e. The smallest absolute Gasteiger partial charge is 0.0583 e. The Balaban J connectivity index is 2.13.